The lowest BCUT2D eigenvalue weighted by Gasteiger charge is -2.32. The molecule has 7 heteroatoms. The number of nitriles is 1. The number of carbonyl (C=O) groups is 2. The number of nitrogens with zero attached hydrogens (tertiary/aromatic N) is 4. The SMILES string of the molecule is Cc1cc(C=C(C#N)C(=O)N2CCC(C(=O)N(C)C)CC2)c(C)n1CC1CCCO1. The van der Waals surface area contributed by atoms with Gasteiger partial charge in [-0.15, -0.1) is 0 Å². The number of likely N-dealkylation sites (tertiary alicyclic amines) is 1. The van der Waals surface area contributed by atoms with Crippen LogP contribution < -0.4 is 0 Å². The van der Waals surface area contributed by atoms with Crippen LogP contribution in [0.25, 0.3) is 6.08 Å². The molecule has 2 fully saturated rings. The van der Waals surface area contributed by atoms with Crippen molar-refractivity contribution < 1.29 is 14.3 Å². The first kappa shape index (κ1) is 22.1. The zero-order chi connectivity index (χ0) is 21.8. The van der Waals surface area contributed by atoms with E-state index in [2.05, 4.69) is 10.6 Å². The van der Waals surface area contributed by atoms with Gasteiger partial charge in [0.05, 0.1) is 6.10 Å². The predicted molar refractivity (Wildman–Crippen MR) is 114 cm³/mol. The normalized spacial score (nSPS) is 20.3. The molecule has 1 atom stereocenters. The first-order valence-corrected chi connectivity index (χ1v) is 10.7. The van der Waals surface area contributed by atoms with E-state index >= 15 is 0 Å². The van der Waals surface area contributed by atoms with Crippen LogP contribution in [-0.2, 0) is 20.9 Å². The number of rotatable bonds is 5. The lowest BCUT2D eigenvalue weighted by atomic mass is 9.95. The summed E-state index contributed by atoms with van der Waals surface area (Å²) in [5.41, 5.74) is 3.18. The average molecular weight is 413 g/mol. The Balaban J connectivity index is 1.71. The van der Waals surface area contributed by atoms with Crippen LogP contribution in [0.1, 0.15) is 42.6 Å². The smallest absolute Gasteiger partial charge is 0.264 e. The highest BCUT2D eigenvalue weighted by atomic mass is 16.5. The van der Waals surface area contributed by atoms with Gasteiger partial charge < -0.3 is 19.1 Å². The van der Waals surface area contributed by atoms with Gasteiger partial charge in [-0.2, -0.15) is 5.26 Å². The Kier molecular flexibility index (Phi) is 6.99. The van der Waals surface area contributed by atoms with Crippen LogP contribution in [0.2, 0.25) is 0 Å². The lowest BCUT2D eigenvalue weighted by Crippen LogP contribution is -2.43. The second-order valence-electron chi connectivity index (χ2n) is 8.54. The molecule has 0 N–H and O–H groups in total. The van der Waals surface area contributed by atoms with Crippen LogP contribution in [0.15, 0.2) is 11.6 Å². The second kappa shape index (κ2) is 9.48. The van der Waals surface area contributed by atoms with Crippen molar-refractivity contribution >= 4 is 17.9 Å². The quantitative estimate of drug-likeness (QED) is 0.550. The lowest BCUT2D eigenvalue weighted by molar-refractivity contribution is -0.137. The zero-order valence-corrected chi connectivity index (χ0v) is 18.5. The van der Waals surface area contributed by atoms with Crippen molar-refractivity contribution in [3.8, 4) is 6.07 Å². The molecule has 1 aromatic rings. The molecule has 2 saturated heterocycles. The number of hydrogen-bond donors (Lipinski definition) is 0. The maximum atomic E-state index is 12.9. The molecule has 3 heterocycles. The van der Waals surface area contributed by atoms with E-state index in [-0.39, 0.29) is 29.4 Å². The molecule has 0 radical (unpaired) electrons. The van der Waals surface area contributed by atoms with E-state index in [1.165, 1.54) is 0 Å². The first-order chi connectivity index (χ1) is 14.3. The Morgan fingerprint density at radius 3 is 2.53 bits per heavy atom. The topological polar surface area (TPSA) is 78.6 Å². The van der Waals surface area contributed by atoms with Gasteiger partial charge in [0.2, 0.25) is 5.91 Å². The fourth-order valence-electron chi connectivity index (χ4n) is 4.41. The second-order valence-corrected chi connectivity index (χ2v) is 8.54. The van der Waals surface area contributed by atoms with Crippen LogP contribution >= 0.6 is 0 Å². The number of amides is 2. The molecule has 7 nitrogen and oxygen atoms in total. The Hall–Kier alpha value is -2.59. The number of carbonyl (C=O) groups excluding carboxylic acids is 2. The number of aromatic nitrogens is 1. The van der Waals surface area contributed by atoms with Gasteiger partial charge in [-0.05, 0) is 57.2 Å². The summed E-state index contributed by atoms with van der Waals surface area (Å²) in [6.07, 6.45) is 5.37. The standard InChI is InChI=1S/C23H32N4O3/c1-16-12-19(17(2)27(16)15-21-6-5-11-30-21)13-20(14-24)23(29)26-9-7-18(8-10-26)22(28)25(3)4/h12-13,18,21H,5-11,15H2,1-4H3. The maximum Gasteiger partial charge on any atom is 0.264 e. The third-order valence-electron chi connectivity index (χ3n) is 6.25. The van der Waals surface area contributed by atoms with Crippen LogP contribution in [0.5, 0.6) is 0 Å². The molecular formula is C23H32N4O3. The first-order valence-electron chi connectivity index (χ1n) is 10.7. The summed E-state index contributed by atoms with van der Waals surface area (Å²) in [6, 6.07) is 4.11. The number of hydrogen-bond acceptors (Lipinski definition) is 4. The molecule has 2 aliphatic rings. The fraction of sp³-hybridized carbons (Fsp3) is 0.609. The number of piperidine rings is 1. The third kappa shape index (κ3) is 4.76. The van der Waals surface area contributed by atoms with Gasteiger partial charge >= 0.3 is 0 Å². The highest BCUT2D eigenvalue weighted by Gasteiger charge is 2.29. The molecule has 2 aliphatic heterocycles. The third-order valence-corrected chi connectivity index (χ3v) is 6.25. The van der Waals surface area contributed by atoms with Gasteiger partial charge in [0.15, 0.2) is 0 Å². The van der Waals surface area contributed by atoms with Gasteiger partial charge in [0, 0.05) is 57.6 Å². The summed E-state index contributed by atoms with van der Waals surface area (Å²) in [6.45, 7) is 6.68. The summed E-state index contributed by atoms with van der Waals surface area (Å²) in [7, 11) is 3.51. The van der Waals surface area contributed by atoms with Crippen molar-refractivity contribution in [2.75, 3.05) is 33.8 Å². The van der Waals surface area contributed by atoms with Gasteiger partial charge in [-0.25, -0.2) is 0 Å². The summed E-state index contributed by atoms with van der Waals surface area (Å²) in [4.78, 5) is 28.4. The fourth-order valence-corrected chi connectivity index (χ4v) is 4.41. The maximum absolute atomic E-state index is 12.9. The van der Waals surface area contributed by atoms with Crippen molar-refractivity contribution in [3.63, 3.8) is 0 Å². The Labute approximate surface area is 178 Å². The molecule has 162 valence electrons. The largest absolute Gasteiger partial charge is 0.376 e. The van der Waals surface area contributed by atoms with Crippen molar-refractivity contribution in [2.45, 2.75) is 52.2 Å². The Morgan fingerprint density at radius 1 is 1.27 bits per heavy atom. The highest BCUT2D eigenvalue weighted by Crippen LogP contribution is 2.24. The minimum absolute atomic E-state index is 0.0460. The van der Waals surface area contributed by atoms with E-state index in [4.69, 9.17) is 4.74 Å². The van der Waals surface area contributed by atoms with E-state index in [9.17, 15) is 14.9 Å². The molecule has 0 spiro atoms. The minimum Gasteiger partial charge on any atom is -0.376 e. The van der Waals surface area contributed by atoms with Crippen LogP contribution in [0.3, 0.4) is 0 Å². The summed E-state index contributed by atoms with van der Waals surface area (Å²) >= 11 is 0. The van der Waals surface area contributed by atoms with E-state index < -0.39 is 0 Å². The predicted octanol–water partition coefficient (Wildman–Crippen LogP) is 2.52. The Morgan fingerprint density at radius 2 is 1.97 bits per heavy atom. The number of aryl methyl sites for hydroxylation is 1. The number of ether oxygens (including phenoxy) is 1. The minimum atomic E-state index is -0.253. The van der Waals surface area contributed by atoms with Gasteiger partial charge in [-0.3, -0.25) is 9.59 Å². The molecule has 0 saturated carbocycles. The summed E-state index contributed by atoms with van der Waals surface area (Å²) in [5.74, 6) is -0.190. The van der Waals surface area contributed by atoms with Crippen molar-refractivity contribution in [1.82, 2.24) is 14.4 Å². The van der Waals surface area contributed by atoms with E-state index in [1.807, 2.05) is 19.9 Å². The monoisotopic (exact) mass is 412 g/mol. The van der Waals surface area contributed by atoms with Gasteiger partial charge in [0.25, 0.3) is 5.91 Å². The average Bonchev–Trinajstić information content (AvgIpc) is 3.35. The molecule has 2 amide bonds. The molecule has 0 aliphatic carbocycles. The van der Waals surface area contributed by atoms with E-state index in [0.717, 1.165) is 42.9 Å². The molecule has 1 unspecified atom stereocenters. The van der Waals surface area contributed by atoms with Crippen molar-refractivity contribution in [2.24, 2.45) is 5.92 Å². The molecule has 30 heavy (non-hydrogen) atoms. The van der Waals surface area contributed by atoms with E-state index in [0.29, 0.717) is 25.9 Å². The van der Waals surface area contributed by atoms with Crippen molar-refractivity contribution in [3.05, 3.63) is 28.6 Å². The molecule has 1 aromatic heterocycles. The van der Waals surface area contributed by atoms with E-state index in [1.54, 1.807) is 30.0 Å². The molecule has 3 rings (SSSR count). The molecule has 0 bridgehead atoms. The van der Waals surface area contributed by atoms with Gasteiger partial charge in [-0.1, -0.05) is 0 Å². The summed E-state index contributed by atoms with van der Waals surface area (Å²) < 4.78 is 7.97. The van der Waals surface area contributed by atoms with Crippen LogP contribution in [-0.4, -0.2) is 66.1 Å². The van der Waals surface area contributed by atoms with Crippen LogP contribution in [0, 0.1) is 31.1 Å². The zero-order valence-electron chi connectivity index (χ0n) is 18.5. The van der Waals surface area contributed by atoms with Crippen molar-refractivity contribution in [1.29, 1.82) is 5.26 Å². The molecular weight excluding hydrogens is 380 g/mol. The summed E-state index contributed by atoms with van der Waals surface area (Å²) in [5, 5.41) is 9.64. The highest BCUT2D eigenvalue weighted by molar-refractivity contribution is 6.02. The Bertz CT molecular complexity index is 864. The van der Waals surface area contributed by atoms with Crippen LogP contribution in [0.4, 0.5) is 0 Å². The van der Waals surface area contributed by atoms with Gasteiger partial charge in [0.1, 0.15) is 11.6 Å². The molecule has 0 aromatic carbocycles.